The van der Waals surface area contributed by atoms with Gasteiger partial charge in [-0.05, 0) is 30.5 Å². The number of Topliss-reactive ketones (excluding diaryl/α,β-unsaturated/α-hetero) is 1. The molecule has 6 nitrogen and oxygen atoms in total. The van der Waals surface area contributed by atoms with Crippen molar-refractivity contribution >= 4 is 28.8 Å². The van der Waals surface area contributed by atoms with Crippen LogP contribution in [-0.2, 0) is 15.7 Å². The van der Waals surface area contributed by atoms with E-state index in [4.69, 9.17) is 0 Å². The molecule has 0 bridgehead atoms. The van der Waals surface area contributed by atoms with Crippen LogP contribution in [-0.4, -0.2) is 23.5 Å². The number of ketones is 1. The summed E-state index contributed by atoms with van der Waals surface area (Å²) in [6, 6.07) is 7.27. The zero-order chi connectivity index (χ0) is 20.0. The number of ether oxygens (including phenoxy) is 1. The minimum atomic E-state index is -4.69. The molecule has 0 amide bonds. The zero-order valence-corrected chi connectivity index (χ0v) is 14.7. The van der Waals surface area contributed by atoms with Crippen molar-refractivity contribution in [2.45, 2.75) is 13.1 Å². The summed E-state index contributed by atoms with van der Waals surface area (Å²) in [6.07, 6.45) is -4.69. The Morgan fingerprint density at radius 1 is 1.19 bits per heavy atom. The smallest absolute Gasteiger partial charge is 0.418 e. The van der Waals surface area contributed by atoms with Crippen molar-refractivity contribution in [1.82, 2.24) is 0 Å². The van der Waals surface area contributed by atoms with Gasteiger partial charge in [-0.25, -0.2) is 4.79 Å². The molecule has 1 heterocycles. The fourth-order valence-corrected chi connectivity index (χ4v) is 2.59. The number of aliphatic hydroxyl groups is 1. The molecular weight excluding hydrogens is 385 g/mol. The Bertz CT molecular complexity index is 890. The number of azo groups is 1. The summed E-state index contributed by atoms with van der Waals surface area (Å²) in [7, 11) is 0. The first-order valence-corrected chi connectivity index (χ1v) is 8.40. The fraction of sp³-hybridized carbons (Fsp3) is 0.176. The first-order valence-electron chi connectivity index (χ1n) is 7.52. The molecular formula is C17H13F3N2O4S. The molecule has 0 saturated heterocycles. The molecule has 0 saturated carbocycles. The summed E-state index contributed by atoms with van der Waals surface area (Å²) in [6.45, 7) is 1.39. The van der Waals surface area contributed by atoms with Crippen LogP contribution < -0.4 is 0 Å². The van der Waals surface area contributed by atoms with Gasteiger partial charge in [-0.2, -0.15) is 13.2 Å². The minimum Gasteiger partial charge on any atom is -0.500 e. The highest BCUT2D eigenvalue weighted by molar-refractivity contribution is 7.12. The molecule has 0 atom stereocenters. The van der Waals surface area contributed by atoms with E-state index in [0.717, 1.165) is 23.5 Å². The van der Waals surface area contributed by atoms with E-state index in [0.29, 0.717) is 0 Å². The fourth-order valence-electron chi connectivity index (χ4n) is 1.93. The summed E-state index contributed by atoms with van der Waals surface area (Å²) < 4.78 is 43.7. The molecule has 2 aromatic rings. The molecule has 1 aromatic carbocycles. The van der Waals surface area contributed by atoms with Gasteiger partial charge in [0, 0.05) is 0 Å². The third-order valence-corrected chi connectivity index (χ3v) is 3.99. The van der Waals surface area contributed by atoms with Gasteiger partial charge >= 0.3 is 12.1 Å². The van der Waals surface area contributed by atoms with Crippen molar-refractivity contribution in [3.05, 3.63) is 63.7 Å². The van der Waals surface area contributed by atoms with Gasteiger partial charge in [-0.1, -0.05) is 18.2 Å². The van der Waals surface area contributed by atoms with Crippen molar-refractivity contribution in [2.24, 2.45) is 10.2 Å². The molecule has 0 aliphatic rings. The van der Waals surface area contributed by atoms with E-state index in [-0.39, 0.29) is 11.5 Å². The van der Waals surface area contributed by atoms with E-state index < -0.39 is 40.6 Å². The molecule has 0 unspecified atom stereocenters. The van der Waals surface area contributed by atoms with Gasteiger partial charge in [-0.3, -0.25) is 4.79 Å². The highest BCUT2D eigenvalue weighted by atomic mass is 32.1. The number of nitrogens with zero attached hydrogens (tertiary/aromatic N) is 2. The van der Waals surface area contributed by atoms with Crippen molar-refractivity contribution in [1.29, 1.82) is 0 Å². The van der Waals surface area contributed by atoms with Crippen LogP contribution in [0.15, 0.2) is 63.5 Å². The Balaban J connectivity index is 2.50. The van der Waals surface area contributed by atoms with E-state index in [1.807, 2.05) is 0 Å². The number of aliphatic hydroxyl groups excluding tert-OH is 1. The standard InChI is InChI=1S/C17H13F3N2O4S/c1-2-26-16(25)15(24)13(14(23)12-8-5-9-27-12)22-21-11-7-4-3-6-10(11)17(18,19)20/h3-9,24H,2H2,1H3. The second-order valence-electron chi connectivity index (χ2n) is 4.94. The van der Waals surface area contributed by atoms with Gasteiger partial charge in [-0.15, -0.1) is 21.6 Å². The van der Waals surface area contributed by atoms with Crippen LogP contribution in [0, 0.1) is 0 Å². The average Bonchev–Trinajstić information content (AvgIpc) is 3.16. The molecule has 10 heteroatoms. The number of thiophene rings is 1. The Hall–Kier alpha value is -3.01. The Kier molecular flexibility index (Phi) is 6.45. The SMILES string of the molecule is CCOC(=O)C(O)=C(N=Nc1ccccc1C(F)(F)F)C(=O)c1cccs1. The second-order valence-corrected chi connectivity index (χ2v) is 5.89. The molecule has 0 spiro atoms. The maximum Gasteiger partial charge on any atom is 0.418 e. The number of hydrogen-bond acceptors (Lipinski definition) is 7. The number of rotatable bonds is 6. The van der Waals surface area contributed by atoms with Crippen molar-refractivity contribution in [2.75, 3.05) is 6.61 Å². The lowest BCUT2D eigenvalue weighted by Gasteiger charge is -2.08. The van der Waals surface area contributed by atoms with Crippen molar-refractivity contribution in [3.8, 4) is 0 Å². The van der Waals surface area contributed by atoms with E-state index in [1.54, 1.807) is 11.4 Å². The second kappa shape index (κ2) is 8.58. The van der Waals surface area contributed by atoms with Crippen LogP contribution in [0.3, 0.4) is 0 Å². The highest BCUT2D eigenvalue weighted by Crippen LogP contribution is 2.36. The minimum absolute atomic E-state index is 0.0859. The molecule has 1 aromatic heterocycles. The topological polar surface area (TPSA) is 88.3 Å². The molecule has 27 heavy (non-hydrogen) atoms. The Labute approximate surface area is 155 Å². The van der Waals surface area contributed by atoms with Gasteiger partial charge in [0.05, 0.1) is 22.7 Å². The van der Waals surface area contributed by atoms with Crippen LogP contribution >= 0.6 is 11.3 Å². The monoisotopic (exact) mass is 398 g/mol. The number of carbonyl (C=O) groups excluding carboxylic acids is 2. The Morgan fingerprint density at radius 3 is 2.48 bits per heavy atom. The number of hydrogen-bond donors (Lipinski definition) is 1. The van der Waals surface area contributed by atoms with Crippen LogP contribution in [0.1, 0.15) is 22.2 Å². The molecule has 0 aliphatic carbocycles. The summed E-state index contributed by atoms with van der Waals surface area (Å²) in [4.78, 5) is 24.3. The molecule has 0 aliphatic heterocycles. The summed E-state index contributed by atoms with van der Waals surface area (Å²) in [5, 5.41) is 18.4. The zero-order valence-electron chi connectivity index (χ0n) is 13.9. The number of benzene rings is 1. The summed E-state index contributed by atoms with van der Waals surface area (Å²) >= 11 is 1.00. The molecule has 0 radical (unpaired) electrons. The normalized spacial score (nSPS) is 12.7. The number of alkyl halides is 3. The van der Waals surface area contributed by atoms with Crippen molar-refractivity contribution < 1.29 is 32.6 Å². The number of allylic oxidation sites excluding steroid dienone is 1. The Morgan fingerprint density at radius 2 is 1.89 bits per heavy atom. The van der Waals surface area contributed by atoms with Crippen LogP contribution in [0.5, 0.6) is 0 Å². The lowest BCUT2D eigenvalue weighted by atomic mass is 10.2. The summed E-state index contributed by atoms with van der Waals surface area (Å²) in [5.41, 5.74) is -2.46. The quantitative estimate of drug-likeness (QED) is 0.242. The first kappa shape index (κ1) is 20.3. The van der Waals surface area contributed by atoms with Crippen LogP contribution in [0.4, 0.5) is 18.9 Å². The average molecular weight is 398 g/mol. The number of halogens is 3. The first-order chi connectivity index (χ1) is 12.8. The van der Waals surface area contributed by atoms with Gasteiger partial charge in [0.15, 0.2) is 5.70 Å². The van der Waals surface area contributed by atoms with Gasteiger partial charge < -0.3 is 9.84 Å². The highest BCUT2D eigenvalue weighted by Gasteiger charge is 2.33. The maximum atomic E-state index is 13.0. The lowest BCUT2D eigenvalue weighted by Crippen LogP contribution is -2.13. The molecule has 0 fully saturated rings. The summed E-state index contributed by atoms with van der Waals surface area (Å²) in [5.74, 6) is -3.24. The molecule has 1 N–H and O–H groups in total. The molecule has 2 rings (SSSR count). The van der Waals surface area contributed by atoms with Gasteiger partial charge in [0.2, 0.25) is 11.5 Å². The molecule has 142 valence electrons. The third-order valence-electron chi connectivity index (χ3n) is 3.12. The van der Waals surface area contributed by atoms with Gasteiger partial charge in [0.1, 0.15) is 0 Å². The van der Waals surface area contributed by atoms with Crippen LogP contribution in [0.25, 0.3) is 0 Å². The predicted octanol–water partition coefficient (Wildman–Crippen LogP) is 5.07. The number of carbonyl (C=O) groups is 2. The van der Waals surface area contributed by atoms with Crippen LogP contribution in [0.2, 0.25) is 0 Å². The number of esters is 1. The predicted molar refractivity (Wildman–Crippen MR) is 90.9 cm³/mol. The van der Waals surface area contributed by atoms with E-state index in [1.165, 1.54) is 25.1 Å². The third kappa shape index (κ3) is 5.00. The van der Waals surface area contributed by atoms with E-state index in [9.17, 15) is 27.9 Å². The van der Waals surface area contributed by atoms with E-state index >= 15 is 0 Å². The maximum absolute atomic E-state index is 13.0. The van der Waals surface area contributed by atoms with Crippen molar-refractivity contribution in [3.63, 3.8) is 0 Å². The lowest BCUT2D eigenvalue weighted by molar-refractivity contribution is -0.141. The largest absolute Gasteiger partial charge is 0.500 e. The van der Waals surface area contributed by atoms with E-state index in [2.05, 4.69) is 15.0 Å². The van der Waals surface area contributed by atoms with Gasteiger partial charge in [0.25, 0.3) is 0 Å².